The van der Waals surface area contributed by atoms with Gasteiger partial charge in [0.15, 0.2) is 0 Å². The molecule has 0 atom stereocenters. The van der Waals surface area contributed by atoms with Crippen molar-refractivity contribution < 1.29 is 5.11 Å². The number of aliphatic hydroxyl groups is 1. The SMILES string of the molecule is C#Cc1ccccc1C#CC(C)(C)O. The summed E-state index contributed by atoms with van der Waals surface area (Å²) in [4.78, 5) is 0. The quantitative estimate of drug-likeness (QED) is 0.609. The maximum absolute atomic E-state index is 9.42. The van der Waals surface area contributed by atoms with Crippen molar-refractivity contribution in [2.24, 2.45) is 0 Å². The Labute approximate surface area is 84.8 Å². The molecule has 0 fully saturated rings. The molecule has 0 aromatic heterocycles. The third-order valence-electron chi connectivity index (χ3n) is 1.59. The Hall–Kier alpha value is -1.70. The van der Waals surface area contributed by atoms with Crippen LogP contribution in [0.25, 0.3) is 0 Å². The number of hydrogen-bond donors (Lipinski definition) is 1. The lowest BCUT2D eigenvalue weighted by Crippen LogP contribution is -2.14. The van der Waals surface area contributed by atoms with E-state index in [-0.39, 0.29) is 0 Å². The summed E-state index contributed by atoms with van der Waals surface area (Å²) in [5.74, 6) is 8.13. The van der Waals surface area contributed by atoms with E-state index in [9.17, 15) is 5.11 Å². The molecule has 1 heteroatoms. The van der Waals surface area contributed by atoms with Crippen molar-refractivity contribution in [2.45, 2.75) is 19.4 Å². The predicted octanol–water partition coefficient (Wildman–Crippen LogP) is 1.79. The van der Waals surface area contributed by atoms with Gasteiger partial charge in [-0.3, -0.25) is 0 Å². The summed E-state index contributed by atoms with van der Waals surface area (Å²) in [6, 6.07) is 7.40. The van der Waals surface area contributed by atoms with Crippen LogP contribution in [0.4, 0.5) is 0 Å². The molecule has 0 amide bonds. The molecule has 0 heterocycles. The molecule has 1 N–H and O–H groups in total. The molecule has 0 aliphatic carbocycles. The van der Waals surface area contributed by atoms with E-state index in [4.69, 9.17) is 6.42 Å². The van der Waals surface area contributed by atoms with Gasteiger partial charge in [0.05, 0.1) is 0 Å². The topological polar surface area (TPSA) is 20.2 Å². The van der Waals surface area contributed by atoms with Crippen LogP contribution in [0.15, 0.2) is 24.3 Å². The predicted molar refractivity (Wildman–Crippen MR) is 57.6 cm³/mol. The zero-order chi connectivity index (χ0) is 10.6. The van der Waals surface area contributed by atoms with Crippen molar-refractivity contribution in [2.75, 3.05) is 0 Å². The number of rotatable bonds is 0. The number of benzene rings is 1. The van der Waals surface area contributed by atoms with Gasteiger partial charge in [-0.2, -0.15) is 0 Å². The third-order valence-corrected chi connectivity index (χ3v) is 1.59. The minimum atomic E-state index is -0.984. The third kappa shape index (κ3) is 2.98. The largest absolute Gasteiger partial charge is 0.378 e. The van der Waals surface area contributed by atoms with Gasteiger partial charge < -0.3 is 5.11 Å². The van der Waals surface area contributed by atoms with Crippen LogP contribution in [0.2, 0.25) is 0 Å². The fourth-order valence-electron chi connectivity index (χ4n) is 0.938. The van der Waals surface area contributed by atoms with Gasteiger partial charge >= 0.3 is 0 Å². The molecule has 1 aromatic carbocycles. The van der Waals surface area contributed by atoms with Gasteiger partial charge in [-0.1, -0.05) is 29.9 Å². The van der Waals surface area contributed by atoms with Crippen LogP contribution < -0.4 is 0 Å². The Morgan fingerprint density at radius 3 is 2.29 bits per heavy atom. The van der Waals surface area contributed by atoms with Crippen molar-refractivity contribution in [3.8, 4) is 24.2 Å². The average Bonchev–Trinajstić information content (AvgIpc) is 2.14. The van der Waals surface area contributed by atoms with E-state index in [1.807, 2.05) is 24.3 Å². The minimum Gasteiger partial charge on any atom is -0.378 e. The van der Waals surface area contributed by atoms with E-state index in [1.165, 1.54) is 0 Å². The summed E-state index contributed by atoms with van der Waals surface area (Å²) < 4.78 is 0. The lowest BCUT2D eigenvalue weighted by atomic mass is 10.1. The van der Waals surface area contributed by atoms with Crippen molar-refractivity contribution in [1.29, 1.82) is 0 Å². The van der Waals surface area contributed by atoms with E-state index in [0.717, 1.165) is 11.1 Å². The summed E-state index contributed by atoms with van der Waals surface area (Å²) in [5, 5.41) is 9.42. The summed E-state index contributed by atoms with van der Waals surface area (Å²) >= 11 is 0. The van der Waals surface area contributed by atoms with E-state index < -0.39 is 5.60 Å². The lowest BCUT2D eigenvalue weighted by molar-refractivity contribution is 0.143. The van der Waals surface area contributed by atoms with Crippen LogP contribution >= 0.6 is 0 Å². The molecule has 70 valence electrons. The van der Waals surface area contributed by atoms with E-state index >= 15 is 0 Å². The van der Waals surface area contributed by atoms with Gasteiger partial charge in [-0.25, -0.2) is 0 Å². The van der Waals surface area contributed by atoms with Crippen LogP contribution in [0.5, 0.6) is 0 Å². The van der Waals surface area contributed by atoms with Crippen molar-refractivity contribution in [3.05, 3.63) is 35.4 Å². The van der Waals surface area contributed by atoms with Gasteiger partial charge in [0.2, 0.25) is 0 Å². The second-order valence-electron chi connectivity index (χ2n) is 3.50. The monoisotopic (exact) mass is 184 g/mol. The Morgan fingerprint density at radius 1 is 1.21 bits per heavy atom. The Balaban J connectivity index is 3.08. The van der Waals surface area contributed by atoms with Crippen molar-refractivity contribution in [1.82, 2.24) is 0 Å². The van der Waals surface area contributed by atoms with Gasteiger partial charge in [-0.15, -0.1) is 6.42 Å². The maximum atomic E-state index is 9.42. The molecule has 0 saturated carbocycles. The van der Waals surface area contributed by atoms with E-state index in [1.54, 1.807) is 13.8 Å². The summed E-state index contributed by atoms with van der Waals surface area (Å²) in [6.07, 6.45) is 5.31. The molecular formula is C13H12O. The lowest BCUT2D eigenvalue weighted by Gasteiger charge is -2.06. The van der Waals surface area contributed by atoms with Gasteiger partial charge in [0.1, 0.15) is 5.60 Å². The van der Waals surface area contributed by atoms with Crippen molar-refractivity contribution >= 4 is 0 Å². The standard InChI is InChI=1S/C13H12O/c1-4-11-7-5-6-8-12(11)9-10-13(2,3)14/h1,5-8,14H,2-3H3. The van der Waals surface area contributed by atoms with E-state index in [0.29, 0.717) is 0 Å². The molecule has 1 aromatic rings. The normalized spacial score (nSPS) is 9.86. The van der Waals surface area contributed by atoms with Crippen LogP contribution in [-0.2, 0) is 0 Å². The highest BCUT2D eigenvalue weighted by molar-refractivity contribution is 5.49. The van der Waals surface area contributed by atoms with Crippen LogP contribution in [-0.4, -0.2) is 10.7 Å². The minimum absolute atomic E-state index is 0.754. The summed E-state index contributed by atoms with van der Waals surface area (Å²) in [6.45, 7) is 3.27. The Morgan fingerprint density at radius 2 is 1.79 bits per heavy atom. The van der Waals surface area contributed by atoms with E-state index in [2.05, 4.69) is 17.8 Å². The summed E-state index contributed by atoms with van der Waals surface area (Å²) in [7, 11) is 0. The first-order valence-electron chi connectivity index (χ1n) is 4.34. The van der Waals surface area contributed by atoms with Crippen LogP contribution in [0, 0.1) is 24.2 Å². The van der Waals surface area contributed by atoms with Gasteiger partial charge in [-0.05, 0) is 26.0 Å². The molecule has 0 radical (unpaired) electrons. The first-order chi connectivity index (χ1) is 6.53. The molecule has 0 bridgehead atoms. The zero-order valence-corrected chi connectivity index (χ0v) is 8.33. The molecule has 0 aliphatic heterocycles. The van der Waals surface area contributed by atoms with Crippen LogP contribution in [0.3, 0.4) is 0 Å². The fraction of sp³-hybridized carbons (Fsp3) is 0.231. The summed E-state index contributed by atoms with van der Waals surface area (Å²) in [5.41, 5.74) is 0.545. The molecule has 1 nitrogen and oxygen atoms in total. The highest BCUT2D eigenvalue weighted by Gasteiger charge is 2.06. The highest BCUT2D eigenvalue weighted by atomic mass is 16.3. The Bertz CT molecular complexity index is 419. The molecule has 0 unspecified atom stereocenters. The van der Waals surface area contributed by atoms with Gasteiger partial charge in [0, 0.05) is 11.1 Å². The highest BCUT2D eigenvalue weighted by Crippen LogP contribution is 2.06. The fourth-order valence-corrected chi connectivity index (χ4v) is 0.938. The van der Waals surface area contributed by atoms with Gasteiger partial charge in [0.25, 0.3) is 0 Å². The maximum Gasteiger partial charge on any atom is 0.120 e. The second-order valence-corrected chi connectivity index (χ2v) is 3.50. The molecule has 0 saturated heterocycles. The first kappa shape index (κ1) is 10.4. The number of terminal acetylenes is 1. The smallest absolute Gasteiger partial charge is 0.120 e. The van der Waals surface area contributed by atoms with Crippen LogP contribution in [0.1, 0.15) is 25.0 Å². The average molecular weight is 184 g/mol. The van der Waals surface area contributed by atoms with Crippen molar-refractivity contribution in [3.63, 3.8) is 0 Å². The Kier molecular flexibility index (Phi) is 2.97. The molecule has 0 aliphatic rings. The first-order valence-corrected chi connectivity index (χ1v) is 4.34. The number of hydrogen-bond acceptors (Lipinski definition) is 1. The molecule has 1 rings (SSSR count). The molecule has 14 heavy (non-hydrogen) atoms. The zero-order valence-electron chi connectivity index (χ0n) is 8.33. The molecular weight excluding hydrogens is 172 g/mol. The second kappa shape index (κ2) is 4.01. The molecule has 0 spiro atoms.